The molecule has 0 spiro atoms. The summed E-state index contributed by atoms with van der Waals surface area (Å²) in [5, 5.41) is 6.99. The molecule has 152 valence electrons. The highest BCUT2D eigenvalue weighted by Gasteiger charge is 2.17. The minimum atomic E-state index is -0.442. The molecule has 0 saturated heterocycles. The van der Waals surface area contributed by atoms with Crippen LogP contribution < -0.4 is 19.5 Å². The highest BCUT2D eigenvalue weighted by molar-refractivity contribution is 5.90. The van der Waals surface area contributed by atoms with Crippen LogP contribution >= 0.6 is 0 Å². The van der Waals surface area contributed by atoms with E-state index in [-0.39, 0.29) is 18.2 Å². The van der Waals surface area contributed by atoms with Crippen molar-refractivity contribution in [2.75, 3.05) is 21.3 Å². The van der Waals surface area contributed by atoms with E-state index in [0.717, 1.165) is 5.56 Å². The summed E-state index contributed by atoms with van der Waals surface area (Å²) in [7, 11) is 4.57. The third-order valence-electron chi connectivity index (χ3n) is 4.22. The third kappa shape index (κ3) is 4.29. The molecule has 1 heterocycles. The molecular formula is C20H21FN4O4. The SMILES string of the molecule is COc1cc(CNC(=O)c2nc(C)n(-c3ccc(F)cc3)n2)cc(OC)c1OC. The van der Waals surface area contributed by atoms with Gasteiger partial charge in [0, 0.05) is 6.54 Å². The van der Waals surface area contributed by atoms with Gasteiger partial charge in [-0.1, -0.05) is 0 Å². The molecule has 0 radical (unpaired) electrons. The number of ether oxygens (including phenoxy) is 3. The predicted octanol–water partition coefficient (Wildman–Crippen LogP) is 2.67. The first-order chi connectivity index (χ1) is 14.0. The number of halogens is 1. The Morgan fingerprint density at radius 3 is 2.24 bits per heavy atom. The normalized spacial score (nSPS) is 10.5. The maximum absolute atomic E-state index is 13.1. The van der Waals surface area contributed by atoms with Gasteiger partial charge in [0.2, 0.25) is 11.6 Å². The highest BCUT2D eigenvalue weighted by atomic mass is 19.1. The van der Waals surface area contributed by atoms with E-state index in [1.807, 2.05) is 0 Å². The molecule has 0 fully saturated rings. The first-order valence-electron chi connectivity index (χ1n) is 8.73. The molecule has 1 aromatic heterocycles. The van der Waals surface area contributed by atoms with E-state index < -0.39 is 5.91 Å². The van der Waals surface area contributed by atoms with Crippen LogP contribution in [-0.4, -0.2) is 42.0 Å². The van der Waals surface area contributed by atoms with Gasteiger partial charge in [0.1, 0.15) is 11.6 Å². The zero-order valence-corrected chi connectivity index (χ0v) is 16.5. The van der Waals surface area contributed by atoms with Crippen LogP contribution in [0.25, 0.3) is 5.69 Å². The molecule has 0 atom stereocenters. The molecule has 3 aromatic rings. The van der Waals surface area contributed by atoms with Crippen molar-refractivity contribution < 1.29 is 23.4 Å². The summed E-state index contributed by atoms with van der Waals surface area (Å²) in [5.74, 6) is 1.18. The summed E-state index contributed by atoms with van der Waals surface area (Å²) < 4.78 is 30.5. The monoisotopic (exact) mass is 400 g/mol. The Balaban J connectivity index is 1.76. The number of benzene rings is 2. The second-order valence-corrected chi connectivity index (χ2v) is 6.09. The van der Waals surface area contributed by atoms with Gasteiger partial charge in [0.05, 0.1) is 27.0 Å². The lowest BCUT2D eigenvalue weighted by atomic mass is 10.1. The molecule has 1 amide bonds. The maximum Gasteiger partial charge on any atom is 0.291 e. The number of rotatable bonds is 7. The van der Waals surface area contributed by atoms with Crippen LogP contribution in [0.3, 0.4) is 0 Å². The van der Waals surface area contributed by atoms with E-state index in [0.29, 0.717) is 28.8 Å². The molecule has 0 bridgehead atoms. The summed E-state index contributed by atoms with van der Waals surface area (Å²) in [6.07, 6.45) is 0. The minimum Gasteiger partial charge on any atom is -0.493 e. The maximum atomic E-state index is 13.1. The second-order valence-electron chi connectivity index (χ2n) is 6.09. The van der Waals surface area contributed by atoms with Gasteiger partial charge in [0.25, 0.3) is 5.91 Å². The summed E-state index contributed by atoms with van der Waals surface area (Å²) in [4.78, 5) is 16.7. The van der Waals surface area contributed by atoms with E-state index in [2.05, 4.69) is 15.4 Å². The minimum absolute atomic E-state index is 0.0132. The lowest BCUT2D eigenvalue weighted by Crippen LogP contribution is -2.24. The Morgan fingerprint density at radius 1 is 1.07 bits per heavy atom. The number of hydrogen-bond acceptors (Lipinski definition) is 6. The average molecular weight is 400 g/mol. The molecule has 0 saturated carbocycles. The summed E-state index contributed by atoms with van der Waals surface area (Å²) >= 11 is 0. The lowest BCUT2D eigenvalue weighted by Gasteiger charge is -2.14. The van der Waals surface area contributed by atoms with Crippen molar-refractivity contribution in [2.24, 2.45) is 0 Å². The van der Waals surface area contributed by atoms with Crippen LogP contribution in [0.2, 0.25) is 0 Å². The molecule has 2 aromatic carbocycles. The van der Waals surface area contributed by atoms with Crippen LogP contribution in [0, 0.1) is 12.7 Å². The van der Waals surface area contributed by atoms with Crippen LogP contribution in [0.1, 0.15) is 22.0 Å². The number of carbonyl (C=O) groups excluding carboxylic acids is 1. The summed E-state index contributed by atoms with van der Waals surface area (Å²) in [6.45, 7) is 1.92. The van der Waals surface area contributed by atoms with Gasteiger partial charge in [-0.3, -0.25) is 4.79 Å². The standard InChI is InChI=1S/C20H21FN4O4/c1-12-23-19(24-25(12)15-7-5-14(21)6-8-15)20(26)22-11-13-9-16(27-2)18(29-4)17(10-13)28-3/h5-10H,11H2,1-4H3,(H,22,26). The van der Waals surface area contributed by atoms with E-state index in [1.54, 1.807) is 31.2 Å². The van der Waals surface area contributed by atoms with Crippen molar-refractivity contribution in [2.45, 2.75) is 13.5 Å². The molecule has 9 heteroatoms. The Labute approximate surface area is 167 Å². The molecule has 0 aliphatic heterocycles. The van der Waals surface area contributed by atoms with Crippen molar-refractivity contribution in [3.05, 3.63) is 59.4 Å². The fourth-order valence-electron chi connectivity index (χ4n) is 2.81. The Hall–Kier alpha value is -3.62. The van der Waals surface area contributed by atoms with E-state index in [4.69, 9.17) is 14.2 Å². The number of carbonyl (C=O) groups is 1. The molecule has 0 aliphatic carbocycles. The highest BCUT2D eigenvalue weighted by Crippen LogP contribution is 2.38. The van der Waals surface area contributed by atoms with Gasteiger partial charge < -0.3 is 19.5 Å². The van der Waals surface area contributed by atoms with E-state index in [9.17, 15) is 9.18 Å². The first-order valence-corrected chi connectivity index (χ1v) is 8.73. The molecular weight excluding hydrogens is 379 g/mol. The zero-order valence-electron chi connectivity index (χ0n) is 16.5. The molecule has 0 aliphatic rings. The zero-order chi connectivity index (χ0) is 21.0. The van der Waals surface area contributed by atoms with Gasteiger partial charge in [-0.05, 0) is 48.9 Å². The molecule has 8 nitrogen and oxygen atoms in total. The predicted molar refractivity (Wildman–Crippen MR) is 103 cm³/mol. The van der Waals surface area contributed by atoms with Crippen molar-refractivity contribution in [1.82, 2.24) is 20.1 Å². The van der Waals surface area contributed by atoms with Gasteiger partial charge in [0.15, 0.2) is 11.5 Å². The van der Waals surface area contributed by atoms with Crippen LogP contribution in [0.5, 0.6) is 17.2 Å². The quantitative estimate of drug-likeness (QED) is 0.656. The van der Waals surface area contributed by atoms with Crippen molar-refractivity contribution in [3.63, 3.8) is 0 Å². The first kappa shape index (κ1) is 20.1. The topological polar surface area (TPSA) is 87.5 Å². The van der Waals surface area contributed by atoms with Gasteiger partial charge in [-0.25, -0.2) is 14.1 Å². The van der Waals surface area contributed by atoms with Crippen molar-refractivity contribution in [3.8, 4) is 22.9 Å². The molecule has 1 N–H and O–H groups in total. The van der Waals surface area contributed by atoms with Crippen LogP contribution in [0.15, 0.2) is 36.4 Å². The third-order valence-corrected chi connectivity index (χ3v) is 4.22. The van der Waals surface area contributed by atoms with Crippen molar-refractivity contribution >= 4 is 5.91 Å². The summed E-state index contributed by atoms with van der Waals surface area (Å²) in [5.41, 5.74) is 1.36. The Kier molecular flexibility index (Phi) is 5.96. The number of nitrogens with one attached hydrogen (secondary N) is 1. The number of nitrogens with zero attached hydrogens (tertiary/aromatic N) is 3. The summed E-state index contributed by atoms with van der Waals surface area (Å²) in [6, 6.07) is 9.26. The fraction of sp³-hybridized carbons (Fsp3) is 0.250. The number of hydrogen-bond donors (Lipinski definition) is 1. The molecule has 29 heavy (non-hydrogen) atoms. The van der Waals surface area contributed by atoms with Crippen LogP contribution in [0.4, 0.5) is 4.39 Å². The number of methoxy groups -OCH3 is 3. The Morgan fingerprint density at radius 2 is 1.69 bits per heavy atom. The largest absolute Gasteiger partial charge is 0.493 e. The van der Waals surface area contributed by atoms with Gasteiger partial charge in [-0.15, -0.1) is 5.10 Å². The Bertz CT molecular complexity index is 993. The fourth-order valence-corrected chi connectivity index (χ4v) is 2.81. The average Bonchev–Trinajstić information content (AvgIpc) is 3.13. The smallest absolute Gasteiger partial charge is 0.291 e. The van der Waals surface area contributed by atoms with Gasteiger partial charge in [-0.2, -0.15) is 0 Å². The molecule has 3 rings (SSSR count). The number of aryl methyl sites for hydroxylation is 1. The van der Waals surface area contributed by atoms with Crippen molar-refractivity contribution in [1.29, 1.82) is 0 Å². The lowest BCUT2D eigenvalue weighted by molar-refractivity contribution is 0.0940. The molecule has 0 unspecified atom stereocenters. The van der Waals surface area contributed by atoms with E-state index in [1.165, 1.54) is 38.1 Å². The second kappa shape index (κ2) is 8.59. The van der Waals surface area contributed by atoms with Crippen LogP contribution in [-0.2, 0) is 6.54 Å². The number of amides is 1. The van der Waals surface area contributed by atoms with Gasteiger partial charge >= 0.3 is 0 Å². The van der Waals surface area contributed by atoms with E-state index >= 15 is 0 Å². The number of aromatic nitrogens is 3.